The van der Waals surface area contributed by atoms with E-state index in [4.69, 9.17) is 9.98 Å². The van der Waals surface area contributed by atoms with Gasteiger partial charge in [-0.2, -0.15) is 0 Å². The summed E-state index contributed by atoms with van der Waals surface area (Å²) in [5, 5.41) is 4.69. The highest BCUT2D eigenvalue weighted by atomic mass is 32.1. The van der Waals surface area contributed by atoms with E-state index in [1.54, 1.807) is 11.3 Å². The molecule has 0 radical (unpaired) electrons. The second kappa shape index (κ2) is 9.81. The molecule has 7 aromatic rings. The molecule has 0 spiro atoms. The lowest BCUT2D eigenvalue weighted by molar-refractivity contribution is 0.591. The molecule has 0 atom stereocenters. The number of aromatic nitrogens is 1. The van der Waals surface area contributed by atoms with Gasteiger partial charge in [-0.25, -0.2) is 4.98 Å². The van der Waals surface area contributed by atoms with Crippen LogP contribution in [0, 0.1) is 0 Å². The number of rotatable bonds is 4. The van der Waals surface area contributed by atoms with Crippen molar-refractivity contribution in [1.82, 2.24) is 4.98 Å². The van der Waals surface area contributed by atoms with Crippen molar-refractivity contribution in [2.45, 2.75) is 26.2 Å². The number of thiazole rings is 1. The average molecular weight is 553 g/mol. The fraction of sp³-hybridized carbons (Fsp3) is 0.111. The van der Waals surface area contributed by atoms with Crippen LogP contribution in [0.4, 0.5) is 5.69 Å². The Labute approximate surface area is 242 Å². The smallest absolute Gasteiger partial charge is 0.126 e. The molecule has 2 nitrogen and oxygen atoms in total. The number of nitrogens with zero attached hydrogens (tertiary/aromatic N) is 2. The quantitative estimate of drug-likeness (QED) is 0.199. The first-order valence-electron chi connectivity index (χ1n) is 13.5. The van der Waals surface area contributed by atoms with Gasteiger partial charge in [0.2, 0.25) is 0 Å². The molecular weight excluding hydrogens is 525 g/mol. The number of hydrogen-bond acceptors (Lipinski definition) is 4. The predicted octanol–water partition coefficient (Wildman–Crippen LogP) is 11.0. The molecular formula is C36H28N2S2. The number of hydrogen-bond donors (Lipinski definition) is 0. The molecule has 0 saturated heterocycles. The van der Waals surface area contributed by atoms with Gasteiger partial charge in [-0.3, -0.25) is 4.99 Å². The van der Waals surface area contributed by atoms with Crippen LogP contribution in [-0.4, -0.2) is 11.2 Å². The fourth-order valence-corrected chi connectivity index (χ4v) is 7.30. The predicted molar refractivity (Wildman–Crippen MR) is 176 cm³/mol. The molecule has 5 aromatic carbocycles. The van der Waals surface area contributed by atoms with E-state index >= 15 is 0 Å². The van der Waals surface area contributed by atoms with Gasteiger partial charge in [0, 0.05) is 32.5 Å². The van der Waals surface area contributed by atoms with Crippen LogP contribution in [0.2, 0.25) is 0 Å². The lowest BCUT2D eigenvalue weighted by Crippen LogP contribution is -2.10. The van der Waals surface area contributed by atoms with E-state index in [-0.39, 0.29) is 5.41 Å². The van der Waals surface area contributed by atoms with E-state index in [2.05, 4.69) is 124 Å². The van der Waals surface area contributed by atoms with Gasteiger partial charge in [-0.1, -0.05) is 93.6 Å². The Morgan fingerprint density at radius 2 is 1.43 bits per heavy atom. The van der Waals surface area contributed by atoms with Gasteiger partial charge < -0.3 is 0 Å². The van der Waals surface area contributed by atoms with Crippen molar-refractivity contribution in [1.29, 1.82) is 0 Å². The molecule has 0 saturated carbocycles. The van der Waals surface area contributed by atoms with E-state index in [1.165, 1.54) is 41.6 Å². The third-order valence-electron chi connectivity index (χ3n) is 7.35. The maximum atomic E-state index is 5.27. The number of para-hydroxylation sites is 1. The van der Waals surface area contributed by atoms with Crippen molar-refractivity contribution in [3.8, 4) is 21.0 Å². The van der Waals surface area contributed by atoms with Gasteiger partial charge in [0.1, 0.15) is 5.01 Å². The zero-order chi connectivity index (χ0) is 27.3. The van der Waals surface area contributed by atoms with Gasteiger partial charge >= 0.3 is 0 Å². The maximum absolute atomic E-state index is 5.27. The first-order valence-corrected chi connectivity index (χ1v) is 15.1. The molecule has 194 valence electrons. The normalized spacial score (nSPS) is 12.3. The molecule has 0 fully saturated rings. The topological polar surface area (TPSA) is 25.2 Å². The Morgan fingerprint density at radius 1 is 0.675 bits per heavy atom. The molecule has 2 aromatic heterocycles. The summed E-state index contributed by atoms with van der Waals surface area (Å²) in [5.74, 6) is 0. The van der Waals surface area contributed by atoms with Crippen LogP contribution in [0.5, 0.6) is 0 Å². The zero-order valence-corrected chi connectivity index (χ0v) is 24.3. The molecule has 7 rings (SSSR count). The number of aliphatic imine (C=N–C) groups is 1. The van der Waals surface area contributed by atoms with Crippen molar-refractivity contribution in [3.05, 3.63) is 120 Å². The Bertz CT molecular complexity index is 2020. The van der Waals surface area contributed by atoms with Gasteiger partial charge in [0.05, 0.1) is 15.9 Å². The molecule has 0 N–H and O–H groups in total. The zero-order valence-electron chi connectivity index (χ0n) is 22.7. The van der Waals surface area contributed by atoms with Crippen molar-refractivity contribution in [2.75, 3.05) is 0 Å². The van der Waals surface area contributed by atoms with Crippen LogP contribution in [0.15, 0.2) is 114 Å². The average Bonchev–Trinajstić information content (AvgIpc) is 3.60. The molecule has 0 aliphatic carbocycles. The van der Waals surface area contributed by atoms with Crippen LogP contribution < -0.4 is 0 Å². The van der Waals surface area contributed by atoms with Crippen molar-refractivity contribution < 1.29 is 0 Å². The molecule has 4 heteroatoms. The molecule has 2 heterocycles. The number of thiophene rings is 1. The summed E-state index contributed by atoms with van der Waals surface area (Å²) in [6.45, 7) is 6.84. The van der Waals surface area contributed by atoms with Crippen molar-refractivity contribution >= 4 is 65.7 Å². The summed E-state index contributed by atoms with van der Waals surface area (Å²) in [6.07, 6.45) is 1.98. The standard InChI is InChI=1S/C36H28N2S2/c1-36(2,3)26-20-29(32-19-24-12-5-9-18-31(24)39-32)34-33(21-26)40-35(38-34)28-16-7-8-17-30(28)37-22-25-14-10-13-23-11-4-6-15-27(23)25/h4-22H,1-3H3. The Kier molecular flexibility index (Phi) is 6.10. The van der Waals surface area contributed by atoms with Gasteiger partial charge in [-0.05, 0) is 63.5 Å². The highest BCUT2D eigenvalue weighted by Gasteiger charge is 2.21. The lowest BCUT2D eigenvalue weighted by atomic mass is 9.86. The highest BCUT2D eigenvalue weighted by molar-refractivity contribution is 7.23. The maximum Gasteiger partial charge on any atom is 0.126 e. The van der Waals surface area contributed by atoms with E-state index in [9.17, 15) is 0 Å². The molecule has 0 bridgehead atoms. The van der Waals surface area contributed by atoms with Crippen molar-refractivity contribution in [3.63, 3.8) is 0 Å². The number of benzene rings is 5. The van der Waals surface area contributed by atoms with E-state index in [0.29, 0.717) is 0 Å². The Balaban J connectivity index is 1.37. The van der Waals surface area contributed by atoms with Gasteiger partial charge in [0.15, 0.2) is 0 Å². The van der Waals surface area contributed by atoms with Gasteiger partial charge in [0.25, 0.3) is 0 Å². The van der Waals surface area contributed by atoms with E-state index in [1.807, 2.05) is 23.6 Å². The third-order valence-corrected chi connectivity index (χ3v) is 9.54. The monoisotopic (exact) mass is 552 g/mol. The third kappa shape index (κ3) is 4.53. The summed E-state index contributed by atoms with van der Waals surface area (Å²) in [4.78, 5) is 11.5. The summed E-state index contributed by atoms with van der Waals surface area (Å²) in [6, 6.07) is 38.7. The van der Waals surface area contributed by atoms with E-state index in [0.717, 1.165) is 27.3 Å². The van der Waals surface area contributed by atoms with Crippen LogP contribution in [0.3, 0.4) is 0 Å². The summed E-state index contributed by atoms with van der Waals surface area (Å²) in [7, 11) is 0. The van der Waals surface area contributed by atoms with Crippen LogP contribution >= 0.6 is 22.7 Å². The van der Waals surface area contributed by atoms with Crippen LogP contribution in [0.25, 0.3) is 52.1 Å². The summed E-state index contributed by atoms with van der Waals surface area (Å²) >= 11 is 3.59. The Hall–Kier alpha value is -4.12. The minimum absolute atomic E-state index is 0.0322. The largest absolute Gasteiger partial charge is 0.256 e. The molecule has 0 amide bonds. The first kappa shape index (κ1) is 24.9. The summed E-state index contributed by atoms with van der Waals surface area (Å²) < 4.78 is 2.51. The molecule has 0 aliphatic rings. The second-order valence-corrected chi connectivity index (χ2v) is 13.2. The lowest BCUT2D eigenvalue weighted by Gasteiger charge is -2.20. The Morgan fingerprint density at radius 3 is 2.27 bits per heavy atom. The molecule has 0 aliphatic heterocycles. The van der Waals surface area contributed by atoms with Crippen LogP contribution in [0.1, 0.15) is 31.9 Å². The van der Waals surface area contributed by atoms with Crippen LogP contribution in [-0.2, 0) is 5.41 Å². The summed E-state index contributed by atoms with van der Waals surface area (Å²) in [5.41, 5.74) is 6.72. The van der Waals surface area contributed by atoms with Gasteiger partial charge in [-0.15, -0.1) is 22.7 Å². The minimum atomic E-state index is 0.0322. The van der Waals surface area contributed by atoms with Crippen molar-refractivity contribution in [2.24, 2.45) is 4.99 Å². The number of fused-ring (bicyclic) bond motifs is 3. The van der Waals surface area contributed by atoms with E-state index < -0.39 is 0 Å². The highest BCUT2D eigenvalue weighted by Crippen LogP contribution is 2.44. The first-order chi connectivity index (χ1) is 19.4. The SMILES string of the molecule is CC(C)(C)c1cc(-c2cc3ccccc3s2)c2nc(-c3ccccc3N=Cc3cccc4ccccc34)sc2c1. The minimum Gasteiger partial charge on any atom is -0.256 e. The second-order valence-electron chi connectivity index (χ2n) is 11.1. The fourth-order valence-electron chi connectivity index (χ4n) is 5.15. The molecule has 40 heavy (non-hydrogen) atoms. The molecule has 0 unspecified atom stereocenters.